The Balaban J connectivity index is 1.37. The van der Waals surface area contributed by atoms with Crippen molar-refractivity contribution in [3.63, 3.8) is 0 Å². The second kappa shape index (κ2) is 7.14. The highest BCUT2D eigenvalue weighted by Gasteiger charge is 2.34. The maximum atomic E-state index is 12.0. The minimum atomic E-state index is 0.185. The topological polar surface area (TPSA) is 47.6 Å². The molecule has 20 heavy (non-hydrogen) atoms. The van der Waals surface area contributed by atoms with Gasteiger partial charge in [0.25, 0.3) is 0 Å². The van der Waals surface area contributed by atoms with Crippen LogP contribution in [0.15, 0.2) is 0 Å². The van der Waals surface area contributed by atoms with E-state index in [9.17, 15) is 4.79 Å². The van der Waals surface area contributed by atoms with Gasteiger partial charge in [0.05, 0.1) is 31.2 Å². The fraction of sp³-hybridized carbons (Fsp3) is 0.933. The predicted molar refractivity (Wildman–Crippen MR) is 80.0 cm³/mol. The molecule has 3 atom stereocenters. The van der Waals surface area contributed by atoms with Crippen molar-refractivity contribution in [2.75, 3.05) is 19.0 Å². The Kier molecular flexibility index (Phi) is 5.24. The molecule has 5 heteroatoms. The fourth-order valence-electron chi connectivity index (χ4n) is 3.52. The number of rotatable bonds is 4. The second-order valence-corrected chi connectivity index (χ2v) is 7.40. The average molecular weight is 299 g/mol. The van der Waals surface area contributed by atoms with Crippen molar-refractivity contribution in [1.29, 1.82) is 0 Å². The first-order valence-corrected chi connectivity index (χ1v) is 9.00. The van der Waals surface area contributed by atoms with E-state index >= 15 is 0 Å². The number of nitrogens with one attached hydrogen (secondary N) is 1. The molecule has 114 valence electrons. The minimum absolute atomic E-state index is 0.185. The van der Waals surface area contributed by atoms with Crippen LogP contribution in [0, 0.1) is 0 Å². The molecule has 0 radical (unpaired) electrons. The molecule has 2 aliphatic carbocycles. The van der Waals surface area contributed by atoms with Crippen molar-refractivity contribution >= 4 is 17.7 Å². The van der Waals surface area contributed by atoms with Crippen LogP contribution in [0.25, 0.3) is 0 Å². The first kappa shape index (κ1) is 14.7. The summed E-state index contributed by atoms with van der Waals surface area (Å²) in [4.78, 5) is 12.0. The SMILES string of the molecule is O=C(CSC1CCCC1)N[C@@H]1CC[C@H]2OCCO[C@H]2C1. The van der Waals surface area contributed by atoms with Gasteiger partial charge in [-0.2, -0.15) is 0 Å². The van der Waals surface area contributed by atoms with Crippen molar-refractivity contribution in [1.82, 2.24) is 5.32 Å². The standard InChI is InChI=1S/C15H25NO3S/c17-15(10-20-12-3-1-2-4-12)16-11-5-6-13-14(9-11)19-8-7-18-13/h11-14H,1-10H2,(H,16,17)/t11-,13-,14+/m1/s1. The molecule has 0 spiro atoms. The lowest BCUT2D eigenvalue weighted by Crippen LogP contribution is -2.49. The molecule has 0 bridgehead atoms. The van der Waals surface area contributed by atoms with Gasteiger partial charge in [0.15, 0.2) is 0 Å². The molecule has 2 saturated carbocycles. The lowest BCUT2D eigenvalue weighted by molar-refractivity contribution is -0.158. The number of carbonyl (C=O) groups is 1. The van der Waals surface area contributed by atoms with E-state index in [-0.39, 0.29) is 24.2 Å². The number of hydrogen-bond acceptors (Lipinski definition) is 4. The van der Waals surface area contributed by atoms with E-state index in [2.05, 4.69) is 5.32 Å². The molecule has 1 aliphatic heterocycles. The van der Waals surface area contributed by atoms with E-state index in [0.29, 0.717) is 17.6 Å². The number of thioether (sulfide) groups is 1. The number of carbonyl (C=O) groups excluding carboxylic acids is 1. The Morgan fingerprint density at radius 3 is 2.60 bits per heavy atom. The summed E-state index contributed by atoms with van der Waals surface area (Å²) in [7, 11) is 0. The summed E-state index contributed by atoms with van der Waals surface area (Å²) in [6, 6.07) is 0.273. The van der Waals surface area contributed by atoms with E-state index in [4.69, 9.17) is 9.47 Å². The zero-order chi connectivity index (χ0) is 13.8. The summed E-state index contributed by atoms with van der Waals surface area (Å²) >= 11 is 1.84. The minimum Gasteiger partial charge on any atom is -0.373 e. The van der Waals surface area contributed by atoms with E-state index < -0.39 is 0 Å². The van der Waals surface area contributed by atoms with Gasteiger partial charge in [-0.3, -0.25) is 4.79 Å². The maximum Gasteiger partial charge on any atom is 0.230 e. The van der Waals surface area contributed by atoms with Crippen LogP contribution >= 0.6 is 11.8 Å². The molecule has 0 aromatic rings. The van der Waals surface area contributed by atoms with Gasteiger partial charge in [0.2, 0.25) is 5.91 Å². The van der Waals surface area contributed by atoms with Gasteiger partial charge in [-0.15, -0.1) is 11.8 Å². The van der Waals surface area contributed by atoms with Gasteiger partial charge in [-0.1, -0.05) is 12.8 Å². The smallest absolute Gasteiger partial charge is 0.230 e. The molecule has 3 rings (SSSR count). The maximum absolute atomic E-state index is 12.0. The average Bonchev–Trinajstić information content (AvgIpc) is 2.98. The van der Waals surface area contributed by atoms with Crippen molar-refractivity contribution in [3.8, 4) is 0 Å². The summed E-state index contributed by atoms with van der Waals surface area (Å²) in [5.41, 5.74) is 0. The van der Waals surface area contributed by atoms with Crippen molar-refractivity contribution in [3.05, 3.63) is 0 Å². The Morgan fingerprint density at radius 1 is 1.05 bits per heavy atom. The zero-order valence-corrected chi connectivity index (χ0v) is 12.8. The second-order valence-electron chi connectivity index (χ2n) is 6.11. The van der Waals surface area contributed by atoms with Gasteiger partial charge in [0, 0.05) is 11.3 Å². The lowest BCUT2D eigenvalue weighted by Gasteiger charge is -2.39. The number of hydrogen-bond donors (Lipinski definition) is 1. The summed E-state index contributed by atoms with van der Waals surface area (Å²) in [6.07, 6.45) is 8.62. The van der Waals surface area contributed by atoms with E-state index in [1.54, 1.807) is 0 Å². The highest BCUT2D eigenvalue weighted by atomic mass is 32.2. The molecule has 1 heterocycles. The molecule has 1 amide bonds. The van der Waals surface area contributed by atoms with Gasteiger partial charge in [-0.05, 0) is 32.1 Å². The molecule has 1 N–H and O–H groups in total. The van der Waals surface area contributed by atoms with Crippen molar-refractivity contribution in [2.45, 2.75) is 68.4 Å². The van der Waals surface area contributed by atoms with Crippen LogP contribution < -0.4 is 5.32 Å². The number of amides is 1. The number of ether oxygens (including phenoxy) is 2. The Morgan fingerprint density at radius 2 is 1.80 bits per heavy atom. The summed E-state index contributed by atoms with van der Waals surface area (Å²) in [5.74, 6) is 0.814. The third kappa shape index (κ3) is 3.89. The molecule has 4 nitrogen and oxygen atoms in total. The van der Waals surface area contributed by atoms with Crippen molar-refractivity contribution < 1.29 is 14.3 Å². The van der Waals surface area contributed by atoms with E-state index in [1.165, 1.54) is 25.7 Å². The van der Waals surface area contributed by atoms with Crippen LogP contribution in [-0.2, 0) is 14.3 Å². The van der Waals surface area contributed by atoms with Crippen LogP contribution in [0.1, 0.15) is 44.9 Å². The fourth-order valence-corrected chi connectivity index (χ4v) is 4.65. The van der Waals surface area contributed by atoms with Crippen LogP contribution in [0.2, 0.25) is 0 Å². The molecular weight excluding hydrogens is 274 g/mol. The summed E-state index contributed by atoms with van der Waals surface area (Å²) in [6.45, 7) is 1.41. The zero-order valence-electron chi connectivity index (χ0n) is 12.0. The first-order chi connectivity index (χ1) is 9.81. The van der Waals surface area contributed by atoms with Crippen LogP contribution in [-0.4, -0.2) is 48.4 Å². The highest BCUT2D eigenvalue weighted by Crippen LogP contribution is 2.30. The lowest BCUT2D eigenvalue weighted by atomic mass is 9.89. The van der Waals surface area contributed by atoms with E-state index in [1.807, 2.05) is 11.8 Å². The third-order valence-electron chi connectivity index (χ3n) is 4.60. The molecular formula is C15H25NO3S. The third-order valence-corrected chi connectivity index (χ3v) is 5.97. The summed E-state index contributed by atoms with van der Waals surface area (Å²) < 4.78 is 11.5. The van der Waals surface area contributed by atoms with Crippen LogP contribution in [0.5, 0.6) is 0 Å². The Hall–Kier alpha value is -0.260. The normalized spacial score (nSPS) is 34.7. The summed E-state index contributed by atoms with van der Waals surface area (Å²) in [5, 5.41) is 3.89. The van der Waals surface area contributed by atoms with Crippen molar-refractivity contribution in [2.24, 2.45) is 0 Å². The van der Waals surface area contributed by atoms with Gasteiger partial charge >= 0.3 is 0 Å². The van der Waals surface area contributed by atoms with E-state index in [0.717, 1.165) is 25.9 Å². The molecule has 0 aromatic carbocycles. The first-order valence-electron chi connectivity index (χ1n) is 7.95. The monoisotopic (exact) mass is 299 g/mol. The largest absolute Gasteiger partial charge is 0.373 e. The molecule has 0 aromatic heterocycles. The molecule has 0 unspecified atom stereocenters. The Labute approximate surface area is 125 Å². The molecule has 3 fully saturated rings. The molecule has 3 aliphatic rings. The van der Waals surface area contributed by atoms with Gasteiger partial charge in [0.1, 0.15) is 0 Å². The van der Waals surface area contributed by atoms with Gasteiger partial charge in [-0.25, -0.2) is 0 Å². The Bertz CT molecular complexity index is 333. The molecule has 1 saturated heterocycles. The van der Waals surface area contributed by atoms with Crippen LogP contribution in [0.4, 0.5) is 0 Å². The van der Waals surface area contributed by atoms with Gasteiger partial charge < -0.3 is 14.8 Å². The quantitative estimate of drug-likeness (QED) is 0.864. The number of fused-ring (bicyclic) bond motifs is 1. The predicted octanol–water partition coefficient (Wildman–Crippen LogP) is 2.11. The van der Waals surface area contributed by atoms with Crippen LogP contribution in [0.3, 0.4) is 0 Å². The highest BCUT2D eigenvalue weighted by molar-refractivity contribution is 8.00.